The van der Waals surface area contributed by atoms with E-state index in [4.69, 9.17) is 4.74 Å². The summed E-state index contributed by atoms with van der Waals surface area (Å²) in [4.78, 5) is 23.6. The normalized spacial score (nSPS) is 10.1. The first-order chi connectivity index (χ1) is 13.1. The molecular weight excluding hydrogens is 410 g/mol. The van der Waals surface area contributed by atoms with E-state index >= 15 is 0 Å². The molecule has 0 saturated heterocycles. The molecule has 0 radical (unpaired) electrons. The Morgan fingerprint density at radius 1 is 0.926 bits per heavy atom. The zero-order valence-electron chi connectivity index (χ0n) is 15.3. The minimum absolute atomic E-state index is 0.0657. The predicted octanol–water partition coefficient (Wildman–Crippen LogP) is 3.43. The predicted molar refractivity (Wildman–Crippen MR) is 109 cm³/mol. The Morgan fingerprint density at radius 3 is 2.26 bits per heavy atom. The number of unbranched alkanes of at least 4 members (excludes halogenated alkanes) is 1. The van der Waals surface area contributed by atoms with Crippen LogP contribution in [0.2, 0.25) is 0 Å². The zero-order valence-corrected chi connectivity index (χ0v) is 16.8. The van der Waals surface area contributed by atoms with Crippen molar-refractivity contribution in [1.29, 1.82) is 0 Å². The Labute approximate surface area is 167 Å². The van der Waals surface area contributed by atoms with Gasteiger partial charge in [0, 0.05) is 16.6 Å². The van der Waals surface area contributed by atoms with Gasteiger partial charge in [-0.1, -0.05) is 28.1 Å². The quantitative estimate of drug-likeness (QED) is 0.418. The summed E-state index contributed by atoms with van der Waals surface area (Å²) < 4.78 is 6.13. The number of methoxy groups -OCH3 is 1. The average Bonchev–Trinajstić information content (AvgIpc) is 2.69. The molecule has 144 valence electrons. The maximum atomic E-state index is 11.8. The third-order valence-corrected chi connectivity index (χ3v) is 4.45. The maximum absolute atomic E-state index is 11.8. The van der Waals surface area contributed by atoms with Crippen molar-refractivity contribution >= 4 is 33.4 Å². The van der Waals surface area contributed by atoms with Crippen LogP contribution in [0.1, 0.15) is 24.8 Å². The van der Waals surface area contributed by atoms with Crippen LogP contribution in [-0.2, 0) is 16.0 Å². The standard InChI is InChI=1S/C20H24BrN3O3/c1-27-18-12-10-17(11-13-18)22-14-20(26)24-23-19(25)5-3-2-4-15-6-8-16(21)9-7-15/h6-13,22H,2-5,14H2,1H3,(H,23,25)(H,24,26). The molecule has 0 saturated carbocycles. The van der Waals surface area contributed by atoms with Crippen molar-refractivity contribution in [2.75, 3.05) is 19.0 Å². The van der Waals surface area contributed by atoms with Gasteiger partial charge in [0.2, 0.25) is 5.91 Å². The summed E-state index contributed by atoms with van der Waals surface area (Å²) in [5.41, 5.74) is 6.89. The highest BCUT2D eigenvalue weighted by Crippen LogP contribution is 2.14. The molecule has 2 amide bonds. The van der Waals surface area contributed by atoms with Crippen LogP contribution < -0.4 is 20.9 Å². The van der Waals surface area contributed by atoms with Crippen LogP contribution in [0, 0.1) is 0 Å². The van der Waals surface area contributed by atoms with E-state index in [1.165, 1.54) is 5.56 Å². The number of rotatable bonds is 9. The van der Waals surface area contributed by atoms with Gasteiger partial charge in [0.25, 0.3) is 5.91 Å². The Hall–Kier alpha value is -2.54. The van der Waals surface area contributed by atoms with Crippen molar-refractivity contribution in [3.63, 3.8) is 0 Å². The number of halogens is 1. The number of nitrogens with one attached hydrogen (secondary N) is 3. The van der Waals surface area contributed by atoms with Crippen molar-refractivity contribution in [2.24, 2.45) is 0 Å². The van der Waals surface area contributed by atoms with Gasteiger partial charge < -0.3 is 10.1 Å². The molecule has 0 fully saturated rings. The molecule has 0 aromatic heterocycles. The molecule has 0 unspecified atom stereocenters. The Kier molecular flexibility index (Phi) is 8.64. The van der Waals surface area contributed by atoms with Crippen LogP contribution in [0.4, 0.5) is 5.69 Å². The molecule has 0 bridgehead atoms. The number of amides is 2. The van der Waals surface area contributed by atoms with Crippen molar-refractivity contribution in [2.45, 2.75) is 25.7 Å². The molecule has 27 heavy (non-hydrogen) atoms. The molecule has 2 aromatic carbocycles. The number of carbonyl (C=O) groups excluding carboxylic acids is 2. The molecule has 0 spiro atoms. The van der Waals surface area contributed by atoms with Crippen molar-refractivity contribution in [3.8, 4) is 5.75 Å². The van der Waals surface area contributed by atoms with Crippen LogP contribution in [0.3, 0.4) is 0 Å². The largest absolute Gasteiger partial charge is 0.497 e. The van der Waals surface area contributed by atoms with Gasteiger partial charge in [-0.3, -0.25) is 20.4 Å². The lowest BCUT2D eigenvalue weighted by molar-refractivity contribution is -0.128. The highest BCUT2D eigenvalue weighted by molar-refractivity contribution is 9.10. The molecule has 6 nitrogen and oxygen atoms in total. The first-order valence-electron chi connectivity index (χ1n) is 8.77. The number of ether oxygens (including phenoxy) is 1. The van der Waals surface area contributed by atoms with Crippen LogP contribution in [0.25, 0.3) is 0 Å². The summed E-state index contributed by atoms with van der Waals surface area (Å²) in [5, 5.41) is 2.97. The summed E-state index contributed by atoms with van der Waals surface area (Å²) in [6, 6.07) is 15.4. The number of hydrogen-bond acceptors (Lipinski definition) is 4. The molecule has 3 N–H and O–H groups in total. The molecule has 0 atom stereocenters. The third kappa shape index (κ3) is 8.13. The van der Waals surface area contributed by atoms with Crippen LogP contribution >= 0.6 is 15.9 Å². The molecule has 0 aliphatic heterocycles. The minimum atomic E-state index is -0.311. The van der Waals surface area contributed by atoms with Gasteiger partial charge in [0.05, 0.1) is 13.7 Å². The third-order valence-electron chi connectivity index (χ3n) is 3.92. The second-order valence-electron chi connectivity index (χ2n) is 6.01. The van der Waals surface area contributed by atoms with Gasteiger partial charge in [0.1, 0.15) is 5.75 Å². The van der Waals surface area contributed by atoms with Gasteiger partial charge in [-0.05, 0) is 61.2 Å². The van der Waals surface area contributed by atoms with Crippen molar-refractivity contribution < 1.29 is 14.3 Å². The first-order valence-corrected chi connectivity index (χ1v) is 9.56. The summed E-state index contributed by atoms with van der Waals surface area (Å²) in [5.74, 6) is 0.245. The topological polar surface area (TPSA) is 79.5 Å². The van der Waals surface area contributed by atoms with Gasteiger partial charge >= 0.3 is 0 Å². The Bertz CT molecular complexity index is 733. The molecule has 2 rings (SSSR count). The molecule has 0 aliphatic carbocycles. The van der Waals surface area contributed by atoms with E-state index in [9.17, 15) is 9.59 Å². The summed E-state index contributed by atoms with van der Waals surface area (Å²) >= 11 is 3.41. The van der Waals surface area contributed by atoms with E-state index in [1.807, 2.05) is 24.3 Å². The fourth-order valence-electron chi connectivity index (χ4n) is 2.40. The fraction of sp³-hybridized carbons (Fsp3) is 0.300. The van der Waals surface area contributed by atoms with E-state index in [0.717, 1.165) is 35.2 Å². The minimum Gasteiger partial charge on any atom is -0.497 e. The summed E-state index contributed by atoms with van der Waals surface area (Å²) in [7, 11) is 1.60. The summed E-state index contributed by atoms with van der Waals surface area (Å²) in [6.45, 7) is 0.0657. The Morgan fingerprint density at radius 2 is 1.59 bits per heavy atom. The zero-order chi connectivity index (χ0) is 19.5. The molecule has 2 aromatic rings. The second kappa shape index (κ2) is 11.2. The smallest absolute Gasteiger partial charge is 0.257 e. The monoisotopic (exact) mass is 433 g/mol. The lowest BCUT2D eigenvalue weighted by Gasteiger charge is -2.09. The van der Waals surface area contributed by atoms with E-state index in [1.54, 1.807) is 19.2 Å². The molecule has 0 aliphatic rings. The maximum Gasteiger partial charge on any atom is 0.257 e. The Balaban J connectivity index is 1.56. The van der Waals surface area contributed by atoms with Crippen LogP contribution in [-0.4, -0.2) is 25.5 Å². The molecular formula is C20H24BrN3O3. The van der Waals surface area contributed by atoms with E-state index in [2.05, 4.69) is 44.2 Å². The SMILES string of the molecule is COc1ccc(NCC(=O)NNC(=O)CCCCc2ccc(Br)cc2)cc1. The van der Waals surface area contributed by atoms with Crippen LogP contribution in [0.15, 0.2) is 53.0 Å². The van der Waals surface area contributed by atoms with Crippen molar-refractivity contribution in [3.05, 3.63) is 58.6 Å². The highest BCUT2D eigenvalue weighted by atomic mass is 79.9. The van der Waals surface area contributed by atoms with Gasteiger partial charge in [-0.2, -0.15) is 0 Å². The number of anilines is 1. The van der Waals surface area contributed by atoms with Gasteiger partial charge in [-0.25, -0.2) is 0 Å². The van der Waals surface area contributed by atoms with Crippen LogP contribution in [0.5, 0.6) is 5.75 Å². The van der Waals surface area contributed by atoms with Gasteiger partial charge in [-0.15, -0.1) is 0 Å². The second-order valence-corrected chi connectivity index (χ2v) is 6.93. The van der Waals surface area contributed by atoms with E-state index < -0.39 is 0 Å². The number of hydrogen-bond donors (Lipinski definition) is 3. The van der Waals surface area contributed by atoms with Gasteiger partial charge in [0.15, 0.2) is 0 Å². The lowest BCUT2D eigenvalue weighted by atomic mass is 10.1. The number of hydrazine groups is 1. The lowest BCUT2D eigenvalue weighted by Crippen LogP contribution is -2.44. The fourth-order valence-corrected chi connectivity index (χ4v) is 2.67. The number of carbonyl (C=O) groups is 2. The number of benzene rings is 2. The highest BCUT2D eigenvalue weighted by Gasteiger charge is 2.05. The van der Waals surface area contributed by atoms with E-state index in [0.29, 0.717) is 6.42 Å². The number of aryl methyl sites for hydroxylation is 1. The molecule has 7 heteroatoms. The van der Waals surface area contributed by atoms with E-state index in [-0.39, 0.29) is 18.4 Å². The van der Waals surface area contributed by atoms with Crippen molar-refractivity contribution in [1.82, 2.24) is 10.9 Å². The first kappa shape index (κ1) is 20.8. The summed E-state index contributed by atoms with van der Waals surface area (Å²) in [6.07, 6.45) is 2.99. The molecule has 0 heterocycles. The average molecular weight is 434 g/mol.